The predicted molar refractivity (Wildman–Crippen MR) is 63.6 cm³/mol. The summed E-state index contributed by atoms with van der Waals surface area (Å²) in [6.45, 7) is 1.68. The van der Waals surface area contributed by atoms with Crippen LogP contribution in [0.4, 0.5) is 5.13 Å². The molecular formula is C11H16N2O2S. The first-order valence-corrected chi connectivity index (χ1v) is 6.46. The zero-order chi connectivity index (χ0) is 11.5. The number of amides is 1. The van der Waals surface area contributed by atoms with Crippen molar-refractivity contribution >= 4 is 22.4 Å². The minimum Gasteiger partial charge on any atom is -0.393 e. The highest BCUT2D eigenvalue weighted by Gasteiger charge is 2.26. The van der Waals surface area contributed by atoms with Crippen molar-refractivity contribution in [3.63, 3.8) is 0 Å². The van der Waals surface area contributed by atoms with Crippen LogP contribution in [-0.2, 0) is 4.79 Å². The summed E-state index contributed by atoms with van der Waals surface area (Å²) in [4.78, 5) is 15.8. The molecule has 5 heteroatoms. The molecule has 88 valence electrons. The summed E-state index contributed by atoms with van der Waals surface area (Å²) in [5, 5.41) is 14.5. The number of carbonyl (C=O) groups is 1. The molecule has 0 aromatic carbocycles. The maximum Gasteiger partial charge on any atom is 0.226 e. The molecule has 2 N–H and O–H groups in total. The van der Waals surface area contributed by atoms with Crippen LogP contribution in [0.1, 0.15) is 44.2 Å². The molecule has 1 heterocycles. The van der Waals surface area contributed by atoms with E-state index in [1.807, 2.05) is 5.38 Å². The Morgan fingerprint density at radius 1 is 1.75 bits per heavy atom. The molecule has 4 nitrogen and oxygen atoms in total. The van der Waals surface area contributed by atoms with Crippen LogP contribution in [0.25, 0.3) is 0 Å². The van der Waals surface area contributed by atoms with Gasteiger partial charge in [0.05, 0.1) is 11.8 Å². The van der Waals surface area contributed by atoms with Gasteiger partial charge in [-0.25, -0.2) is 4.98 Å². The van der Waals surface area contributed by atoms with Gasteiger partial charge in [0.2, 0.25) is 5.91 Å². The number of rotatable bonds is 5. The number of aliphatic hydroxyl groups excluding tert-OH is 1. The van der Waals surface area contributed by atoms with Gasteiger partial charge < -0.3 is 10.4 Å². The lowest BCUT2D eigenvalue weighted by atomic mass is 10.2. The Balaban J connectivity index is 1.80. The first kappa shape index (κ1) is 11.5. The fourth-order valence-corrected chi connectivity index (χ4v) is 2.24. The summed E-state index contributed by atoms with van der Waals surface area (Å²) in [7, 11) is 0. The monoisotopic (exact) mass is 240 g/mol. The molecule has 1 aliphatic rings. The topological polar surface area (TPSA) is 62.2 Å². The molecular weight excluding hydrogens is 224 g/mol. The highest BCUT2D eigenvalue weighted by atomic mass is 32.1. The van der Waals surface area contributed by atoms with E-state index >= 15 is 0 Å². The first-order valence-electron chi connectivity index (χ1n) is 5.58. The van der Waals surface area contributed by atoms with E-state index < -0.39 is 6.10 Å². The van der Waals surface area contributed by atoms with Gasteiger partial charge in [-0.3, -0.25) is 4.79 Å². The molecule has 1 atom stereocenters. The van der Waals surface area contributed by atoms with Crippen molar-refractivity contribution in [2.24, 2.45) is 0 Å². The van der Waals surface area contributed by atoms with E-state index in [2.05, 4.69) is 10.3 Å². The minimum absolute atomic E-state index is 0.0717. The van der Waals surface area contributed by atoms with E-state index in [-0.39, 0.29) is 5.91 Å². The molecule has 0 bridgehead atoms. The van der Waals surface area contributed by atoms with Crippen molar-refractivity contribution in [2.75, 3.05) is 5.32 Å². The highest BCUT2D eigenvalue weighted by molar-refractivity contribution is 7.13. The maximum absolute atomic E-state index is 11.5. The molecule has 1 aromatic heterocycles. The van der Waals surface area contributed by atoms with Crippen molar-refractivity contribution in [2.45, 2.75) is 44.6 Å². The van der Waals surface area contributed by atoms with Crippen molar-refractivity contribution in [3.8, 4) is 0 Å². The van der Waals surface area contributed by atoms with E-state index in [1.165, 1.54) is 24.2 Å². The zero-order valence-electron chi connectivity index (χ0n) is 9.27. The second-order valence-electron chi connectivity index (χ2n) is 4.29. The average molecular weight is 240 g/mol. The van der Waals surface area contributed by atoms with Gasteiger partial charge >= 0.3 is 0 Å². The second kappa shape index (κ2) is 4.93. The number of anilines is 1. The Bertz CT molecular complexity index is 372. The van der Waals surface area contributed by atoms with Gasteiger partial charge in [-0.1, -0.05) is 0 Å². The van der Waals surface area contributed by atoms with Gasteiger partial charge in [0, 0.05) is 17.7 Å². The van der Waals surface area contributed by atoms with E-state index in [1.54, 1.807) is 6.92 Å². The van der Waals surface area contributed by atoms with Gasteiger partial charge in [-0.2, -0.15) is 0 Å². The average Bonchev–Trinajstić information content (AvgIpc) is 2.98. The molecule has 0 radical (unpaired) electrons. The Hall–Kier alpha value is -0.940. The lowest BCUT2D eigenvalue weighted by molar-refractivity contribution is -0.116. The molecule has 0 aliphatic heterocycles. The smallest absolute Gasteiger partial charge is 0.226 e. The first-order chi connectivity index (χ1) is 7.65. The van der Waals surface area contributed by atoms with Gasteiger partial charge in [0.1, 0.15) is 0 Å². The molecule has 1 fully saturated rings. The van der Waals surface area contributed by atoms with Crippen LogP contribution < -0.4 is 5.32 Å². The Kier molecular flexibility index (Phi) is 3.56. The fraction of sp³-hybridized carbons (Fsp3) is 0.636. The minimum atomic E-state index is -0.427. The maximum atomic E-state index is 11.5. The van der Waals surface area contributed by atoms with Crippen LogP contribution in [0, 0.1) is 0 Å². The predicted octanol–water partition coefficient (Wildman–Crippen LogP) is 2.12. The third-order valence-corrected chi connectivity index (χ3v) is 3.33. The van der Waals surface area contributed by atoms with Crippen LogP contribution >= 0.6 is 11.3 Å². The lowest BCUT2D eigenvalue weighted by Gasteiger charge is -2.03. The standard InChI is InChI=1S/C11H16N2O2S/c1-7(14)2-5-10(15)13-11-12-9(6-16-11)8-3-4-8/h6-8,14H,2-5H2,1H3,(H,12,13,15). The number of hydrogen-bond acceptors (Lipinski definition) is 4. The number of hydrogen-bond donors (Lipinski definition) is 2. The van der Waals surface area contributed by atoms with Gasteiger partial charge in [-0.15, -0.1) is 11.3 Å². The quantitative estimate of drug-likeness (QED) is 0.828. The Morgan fingerprint density at radius 2 is 2.50 bits per heavy atom. The summed E-state index contributed by atoms with van der Waals surface area (Å²) in [6.07, 6.45) is 2.85. The lowest BCUT2D eigenvalue weighted by Crippen LogP contribution is -2.13. The molecule has 0 saturated heterocycles. The third kappa shape index (κ3) is 3.28. The van der Waals surface area contributed by atoms with Crippen molar-refractivity contribution < 1.29 is 9.90 Å². The van der Waals surface area contributed by atoms with Gasteiger partial charge in [-0.05, 0) is 26.2 Å². The zero-order valence-corrected chi connectivity index (χ0v) is 10.1. The van der Waals surface area contributed by atoms with Crippen LogP contribution in [0.15, 0.2) is 5.38 Å². The third-order valence-electron chi connectivity index (χ3n) is 2.55. The SMILES string of the molecule is CC(O)CCC(=O)Nc1nc(C2CC2)cs1. The van der Waals surface area contributed by atoms with E-state index in [0.717, 1.165) is 5.69 Å². The van der Waals surface area contributed by atoms with E-state index in [9.17, 15) is 4.79 Å². The number of aromatic nitrogens is 1. The van der Waals surface area contributed by atoms with E-state index in [4.69, 9.17) is 5.11 Å². The molecule has 1 amide bonds. The normalized spacial score (nSPS) is 17.1. The molecule has 1 saturated carbocycles. The molecule has 1 aliphatic carbocycles. The number of thiazole rings is 1. The fourth-order valence-electron chi connectivity index (χ4n) is 1.43. The molecule has 0 spiro atoms. The summed E-state index contributed by atoms with van der Waals surface area (Å²) >= 11 is 1.47. The summed E-state index contributed by atoms with van der Waals surface area (Å²) in [6, 6.07) is 0. The molecule has 16 heavy (non-hydrogen) atoms. The van der Waals surface area contributed by atoms with Gasteiger partial charge in [0.25, 0.3) is 0 Å². The van der Waals surface area contributed by atoms with E-state index in [0.29, 0.717) is 23.9 Å². The van der Waals surface area contributed by atoms with Crippen LogP contribution in [-0.4, -0.2) is 22.1 Å². The Labute approximate surface area is 98.7 Å². The number of aliphatic hydroxyl groups is 1. The second-order valence-corrected chi connectivity index (χ2v) is 5.15. The van der Waals surface area contributed by atoms with Crippen LogP contribution in [0.2, 0.25) is 0 Å². The number of carbonyl (C=O) groups excluding carboxylic acids is 1. The number of nitrogens with zero attached hydrogens (tertiary/aromatic N) is 1. The Morgan fingerprint density at radius 3 is 3.12 bits per heavy atom. The highest BCUT2D eigenvalue weighted by Crippen LogP contribution is 2.40. The molecule has 1 aromatic rings. The molecule has 2 rings (SSSR count). The summed E-state index contributed by atoms with van der Waals surface area (Å²) in [5.74, 6) is 0.553. The van der Waals surface area contributed by atoms with Crippen molar-refractivity contribution in [1.29, 1.82) is 0 Å². The number of nitrogens with one attached hydrogen (secondary N) is 1. The largest absolute Gasteiger partial charge is 0.393 e. The molecule has 1 unspecified atom stereocenters. The summed E-state index contributed by atoms with van der Waals surface area (Å²) < 4.78 is 0. The van der Waals surface area contributed by atoms with Crippen molar-refractivity contribution in [1.82, 2.24) is 4.98 Å². The van der Waals surface area contributed by atoms with Crippen molar-refractivity contribution in [3.05, 3.63) is 11.1 Å². The van der Waals surface area contributed by atoms with Crippen LogP contribution in [0.3, 0.4) is 0 Å². The van der Waals surface area contributed by atoms with Gasteiger partial charge in [0.15, 0.2) is 5.13 Å². The van der Waals surface area contributed by atoms with Crippen LogP contribution in [0.5, 0.6) is 0 Å². The summed E-state index contributed by atoms with van der Waals surface area (Å²) in [5.41, 5.74) is 1.11.